The number of piperidine rings is 1. The first-order valence-corrected chi connectivity index (χ1v) is 11.2. The lowest BCUT2D eigenvalue weighted by Crippen LogP contribution is -2.43. The van der Waals surface area contributed by atoms with Crippen molar-refractivity contribution in [2.75, 3.05) is 25.5 Å². The number of carbonyl (C=O) groups excluding carboxylic acids is 1. The first-order valence-electron chi connectivity index (χ1n) is 9.76. The Labute approximate surface area is 172 Å². The normalized spacial score (nSPS) is 17.7. The lowest BCUT2D eigenvalue weighted by Gasteiger charge is -2.31. The molecule has 2 aromatic rings. The van der Waals surface area contributed by atoms with Gasteiger partial charge in [-0.25, -0.2) is 8.42 Å². The third kappa shape index (κ3) is 4.46. The Morgan fingerprint density at radius 1 is 1.14 bits per heavy atom. The Bertz CT molecular complexity index is 997. The van der Waals surface area contributed by atoms with E-state index in [-0.39, 0.29) is 17.3 Å². The van der Waals surface area contributed by atoms with Crippen molar-refractivity contribution in [3.63, 3.8) is 0 Å². The number of ether oxygens (including phenoxy) is 1. The van der Waals surface area contributed by atoms with E-state index in [1.54, 1.807) is 12.1 Å². The van der Waals surface area contributed by atoms with Gasteiger partial charge in [0.05, 0.1) is 13.0 Å². The van der Waals surface area contributed by atoms with Gasteiger partial charge in [0.15, 0.2) is 0 Å². The lowest BCUT2D eigenvalue weighted by molar-refractivity contribution is -0.120. The van der Waals surface area contributed by atoms with Crippen molar-refractivity contribution < 1.29 is 17.9 Å². The summed E-state index contributed by atoms with van der Waals surface area (Å²) in [5.74, 6) is -0.218. The molecule has 156 valence electrons. The molecule has 1 atom stereocenters. The maximum atomic E-state index is 13.3. The Morgan fingerprint density at radius 3 is 2.48 bits per heavy atom. The van der Waals surface area contributed by atoms with Crippen LogP contribution in [-0.4, -0.2) is 38.8 Å². The van der Waals surface area contributed by atoms with Crippen molar-refractivity contribution in [3.05, 3.63) is 53.1 Å². The van der Waals surface area contributed by atoms with Crippen molar-refractivity contribution in [1.29, 1.82) is 0 Å². The van der Waals surface area contributed by atoms with Crippen LogP contribution in [0.4, 0.5) is 5.69 Å². The van der Waals surface area contributed by atoms with Crippen LogP contribution in [0.2, 0.25) is 0 Å². The molecule has 0 bridgehead atoms. The third-order valence-corrected chi connectivity index (χ3v) is 7.31. The zero-order chi connectivity index (χ0) is 21.2. The standard InChI is InChI=1S/C22H28N2O4S/c1-15-10-11-19(28-4)20(13-15)29(26,27)24-12-6-9-18(14-24)22(25)23-21-16(2)7-5-8-17(21)3/h5,7-8,10-11,13,18H,6,9,12,14H2,1-4H3,(H,23,25)/t18-/m0/s1. The van der Waals surface area contributed by atoms with Gasteiger partial charge in [0.2, 0.25) is 15.9 Å². The van der Waals surface area contributed by atoms with E-state index < -0.39 is 15.9 Å². The quantitative estimate of drug-likeness (QED) is 0.807. The molecule has 7 heteroatoms. The van der Waals surface area contributed by atoms with Gasteiger partial charge in [-0.3, -0.25) is 4.79 Å². The molecule has 0 aliphatic carbocycles. The van der Waals surface area contributed by atoms with Gasteiger partial charge in [-0.05, 0) is 62.4 Å². The topological polar surface area (TPSA) is 75.7 Å². The number of rotatable bonds is 5. The highest BCUT2D eigenvalue weighted by atomic mass is 32.2. The number of anilines is 1. The van der Waals surface area contributed by atoms with E-state index in [1.165, 1.54) is 11.4 Å². The van der Waals surface area contributed by atoms with Crippen LogP contribution in [0, 0.1) is 26.7 Å². The Kier molecular flexibility index (Phi) is 6.29. The van der Waals surface area contributed by atoms with Gasteiger partial charge < -0.3 is 10.1 Å². The lowest BCUT2D eigenvalue weighted by atomic mass is 9.98. The summed E-state index contributed by atoms with van der Waals surface area (Å²) in [6, 6.07) is 10.9. The molecule has 1 N–H and O–H groups in total. The molecule has 6 nitrogen and oxygen atoms in total. The van der Waals surface area contributed by atoms with Crippen LogP contribution in [0.25, 0.3) is 0 Å². The van der Waals surface area contributed by atoms with Gasteiger partial charge in [0.1, 0.15) is 10.6 Å². The smallest absolute Gasteiger partial charge is 0.246 e. The largest absolute Gasteiger partial charge is 0.495 e. The van der Waals surface area contributed by atoms with Gasteiger partial charge >= 0.3 is 0 Å². The number of benzene rings is 2. The molecule has 2 aromatic carbocycles. The zero-order valence-electron chi connectivity index (χ0n) is 17.4. The van der Waals surface area contributed by atoms with E-state index >= 15 is 0 Å². The van der Waals surface area contributed by atoms with Crippen LogP contribution >= 0.6 is 0 Å². The van der Waals surface area contributed by atoms with Gasteiger partial charge in [-0.1, -0.05) is 24.3 Å². The number of methoxy groups -OCH3 is 1. The molecule has 3 rings (SSSR count). The minimum Gasteiger partial charge on any atom is -0.495 e. The molecule has 1 saturated heterocycles. The number of hydrogen-bond acceptors (Lipinski definition) is 4. The summed E-state index contributed by atoms with van der Waals surface area (Å²) >= 11 is 0. The number of para-hydroxylation sites is 1. The van der Waals surface area contributed by atoms with Crippen LogP contribution in [0.1, 0.15) is 29.5 Å². The van der Waals surface area contributed by atoms with Gasteiger partial charge in [0.25, 0.3) is 0 Å². The Morgan fingerprint density at radius 2 is 1.83 bits per heavy atom. The third-order valence-electron chi connectivity index (χ3n) is 5.42. The molecule has 0 radical (unpaired) electrons. The van der Waals surface area contributed by atoms with Crippen molar-refractivity contribution in [2.24, 2.45) is 5.92 Å². The van der Waals surface area contributed by atoms with Crippen LogP contribution in [0.15, 0.2) is 41.3 Å². The van der Waals surface area contributed by atoms with E-state index in [0.717, 1.165) is 22.4 Å². The van der Waals surface area contributed by atoms with E-state index in [2.05, 4.69) is 5.32 Å². The minimum atomic E-state index is -3.75. The number of aryl methyl sites for hydroxylation is 3. The zero-order valence-corrected chi connectivity index (χ0v) is 18.2. The highest BCUT2D eigenvalue weighted by Crippen LogP contribution is 2.31. The second-order valence-electron chi connectivity index (χ2n) is 7.61. The molecular formula is C22H28N2O4S. The molecule has 1 aliphatic rings. The average molecular weight is 417 g/mol. The van der Waals surface area contributed by atoms with E-state index in [9.17, 15) is 13.2 Å². The summed E-state index contributed by atoms with van der Waals surface area (Å²) in [5, 5.41) is 3.01. The minimum absolute atomic E-state index is 0.140. The summed E-state index contributed by atoms with van der Waals surface area (Å²) in [6.07, 6.45) is 1.30. The molecule has 0 unspecified atom stereocenters. The molecule has 1 amide bonds. The first-order chi connectivity index (χ1) is 13.7. The summed E-state index contributed by atoms with van der Waals surface area (Å²) in [6.45, 7) is 6.30. The number of nitrogens with one attached hydrogen (secondary N) is 1. The van der Waals surface area contributed by atoms with Crippen LogP contribution < -0.4 is 10.1 Å². The fraction of sp³-hybridized carbons (Fsp3) is 0.409. The molecule has 1 heterocycles. The van der Waals surface area contributed by atoms with Crippen molar-refractivity contribution in [2.45, 2.75) is 38.5 Å². The maximum Gasteiger partial charge on any atom is 0.246 e. The Hall–Kier alpha value is -2.38. The maximum absolute atomic E-state index is 13.3. The van der Waals surface area contributed by atoms with Crippen LogP contribution in [0.5, 0.6) is 5.75 Å². The predicted molar refractivity (Wildman–Crippen MR) is 114 cm³/mol. The van der Waals surface area contributed by atoms with Crippen LogP contribution in [-0.2, 0) is 14.8 Å². The van der Waals surface area contributed by atoms with Crippen LogP contribution in [0.3, 0.4) is 0 Å². The molecule has 1 fully saturated rings. The van der Waals surface area contributed by atoms with E-state index in [0.29, 0.717) is 25.1 Å². The monoisotopic (exact) mass is 416 g/mol. The summed E-state index contributed by atoms with van der Waals surface area (Å²) < 4.78 is 33.2. The van der Waals surface area contributed by atoms with Gasteiger partial charge in [-0.2, -0.15) is 4.31 Å². The summed E-state index contributed by atoms with van der Waals surface area (Å²) in [4.78, 5) is 13.0. The second kappa shape index (κ2) is 8.55. The highest BCUT2D eigenvalue weighted by Gasteiger charge is 2.35. The molecule has 0 saturated carbocycles. The highest BCUT2D eigenvalue weighted by molar-refractivity contribution is 7.89. The Balaban J connectivity index is 1.82. The van der Waals surface area contributed by atoms with Crippen molar-refractivity contribution in [3.8, 4) is 5.75 Å². The van der Waals surface area contributed by atoms with E-state index in [1.807, 2.05) is 45.0 Å². The first kappa shape index (κ1) is 21.3. The van der Waals surface area contributed by atoms with Crippen molar-refractivity contribution >= 4 is 21.6 Å². The van der Waals surface area contributed by atoms with E-state index in [4.69, 9.17) is 4.74 Å². The van der Waals surface area contributed by atoms with Gasteiger partial charge in [-0.15, -0.1) is 0 Å². The van der Waals surface area contributed by atoms with Gasteiger partial charge in [0, 0.05) is 18.8 Å². The number of hydrogen-bond donors (Lipinski definition) is 1. The fourth-order valence-corrected chi connectivity index (χ4v) is 5.50. The molecule has 1 aliphatic heterocycles. The predicted octanol–water partition coefficient (Wildman–Crippen LogP) is 3.66. The number of nitrogens with zero attached hydrogens (tertiary/aromatic N) is 1. The average Bonchev–Trinajstić information content (AvgIpc) is 2.70. The second-order valence-corrected chi connectivity index (χ2v) is 9.52. The summed E-state index contributed by atoms with van der Waals surface area (Å²) in [7, 11) is -2.30. The molecule has 0 aromatic heterocycles. The van der Waals surface area contributed by atoms with Crippen molar-refractivity contribution in [1.82, 2.24) is 4.31 Å². The molecule has 0 spiro atoms. The number of sulfonamides is 1. The SMILES string of the molecule is COc1ccc(C)cc1S(=O)(=O)N1CCC[C@H](C(=O)Nc2c(C)cccc2C)C1. The fourth-order valence-electron chi connectivity index (χ4n) is 3.74. The molecular weight excluding hydrogens is 388 g/mol. The number of amides is 1. The summed E-state index contributed by atoms with van der Waals surface area (Å²) in [5.41, 5.74) is 3.62. The molecule has 29 heavy (non-hydrogen) atoms. The number of carbonyl (C=O) groups is 1.